The minimum atomic E-state index is -0.189. The fourth-order valence-electron chi connectivity index (χ4n) is 2.91. The number of benzene rings is 3. The van der Waals surface area contributed by atoms with Crippen LogP contribution in [0.15, 0.2) is 74.7 Å². The number of ether oxygens (including phenoxy) is 2. The van der Waals surface area contributed by atoms with Crippen LogP contribution < -0.4 is 14.9 Å². The van der Waals surface area contributed by atoms with Gasteiger partial charge >= 0.3 is 0 Å². The van der Waals surface area contributed by atoms with Crippen molar-refractivity contribution in [1.29, 1.82) is 0 Å². The molecule has 0 saturated heterocycles. The molecule has 0 aliphatic heterocycles. The van der Waals surface area contributed by atoms with Crippen molar-refractivity contribution in [2.45, 2.75) is 26.9 Å². The molecule has 0 fully saturated rings. The van der Waals surface area contributed by atoms with Gasteiger partial charge < -0.3 is 9.47 Å². The molecule has 0 unspecified atom stereocenters. The molecule has 0 heterocycles. The number of carbonyl (C=O) groups is 1. The van der Waals surface area contributed by atoms with Crippen molar-refractivity contribution in [3.8, 4) is 11.5 Å². The molecule has 0 bridgehead atoms. The lowest BCUT2D eigenvalue weighted by Crippen LogP contribution is -2.19. The number of halogens is 2. The first-order valence-corrected chi connectivity index (χ1v) is 11.7. The van der Waals surface area contributed by atoms with Crippen LogP contribution in [-0.2, 0) is 17.8 Å². The Balaban J connectivity index is 1.65. The Morgan fingerprint density at radius 3 is 2.38 bits per heavy atom. The van der Waals surface area contributed by atoms with Gasteiger partial charge in [-0.25, -0.2) is 5.43 Å². The molecule has 0 aliphatic rings. The maximum Gasteiger partial charge on any atom is 0.244 e. The molecule has 32 heavy (non-hydrogen) atoms. The quantitative estimate of drug-likeness (QED) is 0.251. The molecule has 5 nitrogen and oxygen atoms in total. The van der Waals surface area contributed by atoms with Crippen LogP contribution >= 0.6 is 31.9 Å². The molecule has 1 amide bonds. The molecule has 0 aliphatic carbocycles. The third-order valence-corrected chi connectivity index (χ3v) is 5.63. The highest BCUT2D eigenvalue weighted by Gasteiger charge is 2.12. The largest absolute Gasteiger partial charge is 0.490 e. The molecule has 3 aromatic carbocycles. The SMILES string of the molecule is CCOc1cc(/C=N\NC(=O)Cc2ccc(Br)cc2)cc(Br)c1OCc1ccc(C)cc1. The number of nitrogens with zero attached hydrogens (tertiary/aromatic N) is 1. The first-order chi connectivity index (χ1) is 15.4. The van der Waals surface area contributed by atoms with Gasteiger partial charge in [-0.15, -0.1) is 0 Å². The minimum absolute atomic E-state index is 0.189. The molecule has 7 heteroatoms. The minimum Gasteiger partial charge on any atom is -0.490 e. The number of hydrogen-bond donors (Lipinski definition) is 1. The Morgan fingerprint density at radius 1 is 1.00 bits per heavy atom. The van der Waals surface area contributed by atoms with E-state index in [-0.39, 0.29) is 12.3 Å². The van der Waals surface area contributed by atoms with Crippen LogP contribution in [-0.4, -0.2) is 18.7 Å². The van der Waals surface area contributed by atoms with Gasteiger partial charge in [-0.2, -0.15) is 5.10 Å². The average Bonchev–Trinajstić information content (AvgIpc) is 2.76. The summed E-state index contributed by atoms with van der Waals surface area (Å²) in [7, 11) is 0. The lowest BCUT2D eigenvalue weighted by Gasteiger charge is -2.15. The average molecular weight is 560 g/mol. The van der Waals surface area contributed by atoms with Crippen LogP contribution in [0.2, 0.25) is 0 Å². The van der Waals surface area contributed by atoms with Crippen LogP contribution in [0.5, 0.6) is 11.5 Å². The molecular formula is C25H24Br2N2O3. The van der Waals surface area contributed by atoms with Crippen LogP contribution in [0.3, 0.4) is 0 Å². The van der Waals surface area contributed by atoms with Gasteiger partial charge in [-0.3, -0.25) is 4.79 Å². The second kappa shape index (κ2) is 11.8. The number of carbonyl (C=O) groups excluding carboxylic acids is 1. The van der Waals surface area contributed by atoms with Crippen LogP contribution in [0, 0.1) is 6.92 Å². The van der Waals surface area contributed by atoms with Crippen LogP contribution in [0.25, 0.3) is 0 Å². The van der Waals surface area contributed by atoms with Gasteiger partial charge in [0.15, 0.2) is 11.5 Å². The molecule has 0 spiro atoms. The van der Waals surface area contributed by atoms with Crippen molar-refractivity contribution in [1.82, 2.24) is 5.43 Å². The van der Waals surface area contributed by atoms with Gasteiger partial charge in [0.1, 0.15) is 6.61 Å². The van der Waals surface area contributed by atoms with Crippen molar-refractivity contribution in [3.05, 3.63) is 91.9 Å². The number of hydrogen-bond acceptors (Lipinski definition) is 4. The smallest absolute Gasteiger partial charge is 0.244 e. The molecule has 166 valence electrons. The summed E-state index contributed by atoms with van der Waals surface area (Å²) in [6.45, 7) is 4.90. The predicted molar refractivity (Wildman–Crippen MR) is 134 cm³/mol. The number of hydrazone groups is 1. The lowest BCUT2D eigenvalue weighted by atomic mass is 10.1. The van der Waals surface area contributed by atoms with E-state index in [0.29, 0.717) is 24.7 Å². The molecular weight excluding hydrogens is 536 g/mol. The van der Waals surface area contributed by atoms with Gasteiger partial charge in [0.25, 0.3) is 0 Å². The van der Waals surface area contributed by atoms with Crippen molar-refractivity contribution < 1.29 is 14.3 Å². The summed E-state index contributed by atoms with van der Waals surface area (Å²) in [6.07, 6.45) is 1.83. The zero-order valence-corrected chi connectivity index (χ0v) is 21.1. The second-order valence-corrected chi connectivity index (χ2v) is 8.90. The maximum atomic E-state index is 12.1. The first kappa shape index (κ1) is 24.0. The normalized spacial score (nSPS) is 10.9. The van der Waals surface area contributed by atoms with E-state index in [2.05, 4.69) is 61.4 Å². The zero-order valence-electron chi connectivity index (χ0n) is 17.9. The molecule has 3 aromatic rings. The van der Waals surface area contributed by atoms with E-state index in [9.17, 15) is 4.79 Å². The van der Waals surface area contributed by atoms with E-state index in [1.807, 2.05) is 55.5 Å². The number of nitrogens with one attached hydrogen (secondary N) is 1. The molecule has 0 saturated carbocycles. The number of aryl methyl sites for hydroxylation is 1. The Hall–Kier alpha value is -2.64. The standard InChI is InChI=1S/C25H24Br2N2O3/c1-3-31-23-13-20(15-28-29-24(30)14-18-8-10-21(26)11-9-18)12-22(27)25(23)32-16-19-6-4-17(2)5-7-19/h4-13,15H,3,14,16H2,1-2H3,(H,29,30)/b28-15-. The molecule has 0 aromatic heterocycles. The predicted octanol–water partition coefficient (Wildman–Crippen LogP) is 6.19. The van der Waals surface area contributed by atoms with E-state index in [1.54, 1.807) is 6.21 Å². The van der Waals surface area contributed by atoms with Crippen molar-refractivity contribution in [2.75, 3.05) is 6.61 Å². The second-order valence-electron chi connectivity index (χ2n) is 7.13. The highest BCUT2D eigenvalue weighted by molar-refractivity contribution is 9.10. The Kier molecular flexibility index (Phi) is 8.88. The Labute approximate surface area is 205 Å². The third-order valence-electron chi connectivity index (χ3n) is 4.52. The van der Waals surface area contributed by atoms with E-state index >= 15 is 0 Å². The molecule has 3 rings (SSSR count). The van der Waals surface area contributed by atoms with Gasteiger partial charge in [0, 0.05) is 4.47 Å². The van der Waals surface area contributed by atoms with E-state index < -0.39 is 0 Å². The first-order valence-electron chi connectivity index (χ1n) is 10.2. The summed E-state index contributed by atoms with van der Waals surface area (Å²) in [6, 6.07) is 19.5. The topological polar surface area (TPSA) is 59.9 Å². The summed E-state index contributed by atoms with van der Waals surface area (Å²) in [5, 5.41) is 4.08. The highest BCUT2D eigenvalue weighted by Crippen LogP contribution is 2.37. The van der Waals surface area contributed by atoms with Crippen molar-refractivity contribution in [3.63, 3.8) is 0 Å². The molecule has 0 atom stereocenters. The van der Waals surface area contributed by atoms with Crippen LogP contribution in [0.4, 0.5) is 0 Å². The zero-order chi connectivity index (χ0) is 22.9. The van der Waals surface area contributed by atoms with E-state index in [1.165, 1.54) is 5.56 Å². The van der Waals surface area contributed by atoms with Crippen LogP contribution in [0.1, 0.15) is 29.2 Å². The van der Waals surface area contributed by atoms with E-state index in [4.69, 9.17) is 9.47 Å². The molecule has 0 radical (unpaired) electrons. The fraction of sp³-hybridized carbons (Fsp3) is 0.200. The van der Waals surface area contributed by atoms with Gasteiger partial charge in [-0.05, 0) is 70.7 Å². The maximum absolute atomic E-state index is 12.1. The Bertz CT molecular complexity index is 1080. The molecule has 1 N–H and O–H groups in total. The number of amides is 1. The monoisotopic (exact) mass is 558 g/mol. The fourth-order valence-corrected chi connectivity index (χ4v) is 3.75. The highest BCUT2D eigenvalue weighted by atomic mass is 79.9. The van der Waals surface area contributed by atoms with Gasteiger partial charge in [0.2, 0.25) is 5.91 Å². The summed E-state index contributed by atoms with van der Waals surface area (Å²) >= 11 is 6.95. The summed E-state index contributed by atoms with van der Waals surface area (Å²) in [5.74, 6) is 1.05. The van der Waals surface area contributed by atoms with Gasteiger partial charge in [0.05, 0.1) is 23.7 Å². The lowest BCUT2D eigenvalue weighted by molar-refractivity contribution is -0.120. The number of rotatable bonds is 9. The Morgan fingerprint density at radius 2 is 1.69 bits per heavy atom. The summed E-state index contributed by atoms with van der Waals surface area (Å²) < 4.78 is 13.5. The van der Waals surface area contributed by atoms with Crippen molar-refractivity contribution >= 4 is 44.0 Å². The summed E-state index contributed by atoms with van der Waals surface area (Å²) in [4.78, 5) is 12.1. The summed E-state index contributed by atoms with van der Waals surface area (Å²) in [5.41, 5.74) is 6.53. The van der Waals surface area contributed by atoms with Gasteiger partial charge in [-0.1, -0.05) is 57.9 Å². The van der Waals surface area contributed by atoms with E-state index in [0.717, 1.165) is 25.6 Å². The van der Waals surface area contributed by atoms with Crippen molar-refractivity contribution in [2.24, 2.45) is 5.10 Å². The third kappa shape index (κ3) is 7.21.